The number of thiazole rings is 1. The number of amides is 1. The Kier molecular flexibility index (Phi) is 6.53. The van der Waals surface area contributed by atoms with Gasteiger partial charge in [-0.3, -0.25) is 4.79 Å². The molecule has 0 saturated carbocycles. The van der Waals surface area contributed by atoms with E-state index in [9.17, 15) is 4.79 Å². The molecule has 0 aliphatic rings. The van der Waals surface area contributed by atoms with Crippen molar-refractivity contribution in [2.45, 2.75) is 18.2 Å². The highest BCUT2D eigenvalue weighted by Crippen LogP contribution is 2.31. The van der Waals surface area contributed by atoms with Gasteiger partial charge in [-0.2, -0.15) is 5.10 Å². The number of nitrogens with zero attached hydrogens (tertiary/aromatic N) is 6. The Morgan fingerprint density at radius 3 is 3.00 bits per heavy atom. The van der Waals surface area contributed by atoms with Gasteiger partial charge in [0.15, 0.2) is 4.34 Å². The zero-order valence-corrected chi connectivity index (χ0v) is 18.5. The number of carbonyl (C=O) groups excluding carboxylic acids is 1. The van der Waals surface area contributed by atoms with Gasteiger partial charge in [0, 0.05) is 0 Å². The van der Waals surface area contributed by atoms with Crippen molar-refractivity contribution >= 4 is 44.9 Å². The summed E-state index contributed by atoms with van der Waals surface area (Å²) in [4.78, 5) is 16.8. The summed E-state index contributed by atoms with van der Waals surface area (Å²) in [5, 5.41) is 15.4. The Hall–Kier alpha value is -3.31. The van der Waals surface area contributed by atoms with Crippen LogP contribution in [0.15, 0.2) is 58.2 Å². The maximum atomic E-state index is 12.2. The second-order valence-corrected chi connectivity index (χ2v) is 8.62. The van der Waals surface area contributed by atoms with Gasteiger partial charge >= 0.3 is 0 Å². The summed E-state index contributed by atoms with van der Waals surface area (Å²) in [5.74, 6) is 0.844. The van der Waals surface area contributed by atoms with Crippen molar-refractivity contribution in [3.8, 4) is 11.4 Å². The van der Waals surface area contributed by atoms with E-state index in [1.165, 1.54) is 29.4 Å². The standard InChI is InChI=1S/C20H19N7O2S2/c1-3-29-16-7-8-17-18(10-16)31-20(22-17)30-11-19(28)24-23-13(2)14-5-4-6-15(9-14)27-12-21-25-26-27/h4-10,12H,3,11H2,1-2H3,(H,24,28). The van der Waals surface area contributed by atoms with Gasteiger partial charge in [0.05, 0.1) is 34.0 Å². The minimum absolute atomic E-state index is 0.199. The molecule has 158 valence electrons. The summed E-state index contributed by atoms with van der Waals surface area (Å²) in [7, 11) is 0. The van der Waals surface area contributed by atoms with Crippen LogP contribution in [0.4, 0.5) is 0 Å². The summed E-state index contributed by atoms with van der Waals surface area (Å²) in [5.41, 5.74) is 5.84. The van der Waals surface area contributed by atoms with Crippen molar-refractivity contribution in [2.24, 2.45) is 5.10 Å². The summed E-state index contributed by atoms with van der Waals surface area (Å²) >= 11 is 2.92. The van der Waals surface area contributed by atoms with Gasteiger partial charge in [-0.15, -0.1) is 16.4 Å². The third-order valence-corrected chi connectivity index (χ3v) is 6.36. The number of ether oxygens (including phenoxy) is 1. The van der Waals surface area contributed by atoms with Crippen LogP contribution in [0.1, 0.15) is 19.4 Å². The Labute approximate surface area is 186 Å². The number of aromatic nitrogens is 5. The number of nitrogens with one attached hydrogen (secondary N) is 1. The number of fused-ring (bicyclic) bond motifs is 1. The fraction of sp³-hybridized carbons (Fsp3) is 0.200. The molecule has 4 aromatic rings. The molecule has 9 nitrogen and oxygen atoms in total. The number of hydrazone groups is 1. The summed E-state index contributed by atoms with van der Waals surface area (Å²) in [6.07, 6.45) is 1.52. The van der Waals surface area contributed by atoms with Crippen LogP contribution in [-0.4, -0.2) is 49.2 Å². The number of thioether (sulfide) groups is 1. The smallest absolute Gasteiger partial charge is 0.250 e. The minimum Gasteiger partial charge on any atom is -0.494 e. The first-order valence-electron chi connectivity index (χ1n) is 9.45. The van der Waals surface area contributed by atoms with Crippen molar-refractivity contribution < 1.29 is 9.53 Å². The first-order valence-corrected chi connectivity index (χ1v) is 11.3. The average molecular weight is 454 g/mol. The van der Waals surface area contributed by atoms with Gasteiger partial charge in [-0.1, -0.05) is 23.9 Å². The van der Waals surface area contributed by atoms with Gasteiger partial charge in [0.2, 0.25) is 0 Å². The molecule has 0 radical (unpaired) electrons. The van der Waals surface area contributed by atoms with Gasteiger partial charge in [0.25, 0.3) is 5.91 Å². The van der Waals surface area contributed by atoms with Crippen LogP contribution >= 0.6 is 23.1 Å². The Morgan fingerprint density at radius 1 is 1.29 bits per heavy atom. The highest BCUT2D eigenvalue weighted by Gasteiger charge is 2.09. The van der Waals surface area contributed by atoms with E-state index in [1.807, 2.05) is 56.3 Å². The van der Waals surface area contributed by atoms with Crippen molar-refractivity contribution in [1.82, 2.24) is 30.6 Å². The van der Waals surface area contributed by atoms with Crippen molar-refractivity contribution in [3.05, 3.63) is 54.4 Å². The molecule has 0 atom stereocenters. The first kappa shape index (κ1) is 20.9. The molecule has 0 aliphatic heterocycles. The lowest BCUT2D eigenvalue weighted by molar-refractivity contribution is -0.118. The SMILES string of the molecule is CCOc1ccc2nc(SCC(=O)NN=C(C)c3cccc(-n4cnnn4)c3)sc2c1. The molecular formula is C20H19N7O2S2. The van der Waals surface area contributed by atoms with Crippen LogP contribution in [0.5, 0.6) is 5.75 Å². The van der Waals surface area contributed by atoms with E-state index in [2.05, 4.69) is 31.0 Å². The van der Waals surface area contributed by atoms with Gasteiger partial charge in [-0.05, 0) is 60.2 Å². The van der Waals surface area contributed by atoms with Crippen molar-refractivity contribution in [3.63, 3.8) is 0 Å². The number of tetrazole rings is 1. The van der Waals surface area contributed by atoms with E-state index < -0.39 is 0 Å². The van der Waals surface area contributed by atoms with Crippen molar-refractivity contribution in [1.29, 1.82) is 0 Å². The molecule has 1 amide bonds. The van der Waals surface area contributed by atoms with Crippen LogP contribution in [0.3, 0.4) is 0 Å². The minimum atomic E-state index is -0.199. The summed E-state index contributed by atoms with van der Waals surface area (Å²) < 4.78 is 8.94. The summed E-state index contributed by atoms with van der Waals surface area (Å²) in [6, 6.07) is 13.4. The largest absolute Gasteiger partial charge is 0.494 e. The van der Waals surface area contributed by atoms with Gasteiger partial charge in [-0.25, -0.2) is 15.1 Å². The predicted octanol–water partition coefficient (Wildman–Crippen LogP) is 3.30. The molecule has 2 heterocycles. The van der Waals surface area contributed by atoms with E-state index in [0.29, 0.717) is 12.3 Å². The normalized spacial score (nSPS) is 11.6. The highest BCUT2D eigenvalue weighted by molar-refractivity contribution is 8.01. The lowest BCUT2D eigenvalue weighted by Gasteiger charge is -2.05. The van der Waals surface area contributed by atoms with E-state index in [-0.39, 0.29) is 11.7 Å². The molecule has 0 bridgehead atoms. The molecule has 0 spiro atoms. The average Bonchev–Trinajstić information content (AvgIpc) is 3.46. The zero-order chi connectivity index (χ0) is 21.6. The predicted molar refractivity (Wildman–Crippen MR) is 121 cm³/mol. The van der Waals surface area contributed by atoms with E-state index in [1.54, 1.807) is 4.68 Å². The van der Waals surface area contributed by atoms with Crippen LogP contribution in [-0.2, 0) is 4.79 Å². The summed E-state index contributed by atoms with van der Waals surface area (Å²) in [6.45, 7) is 4.40. The molecule has 11 heteroatoms. The second kappa shape index (κ2) is 9.67. The zero-order valence-electron chi connectivity index (χ0n) is 16.8. The second-order valence-electron chi connectivity index (χ2n) is 6.37. The quantitative estimate of drug-likeness (QED) is 0.248. The number of benzene rings is 2. The van der Waals surface area contributed by atoms with Gasteiger partial charge < -0.3 is 4.74 Å². The monoisotopic (exact) mass is 453 g/mol. The number of hydrogen-bond acceptors (Lipinski definition) is 9. The Morgan fingerprint density at radius 2 is 2.19 bits per heavy atom. The maximum absolute atomic E-state index is 12.2. The van der Waals surface area contributed by atoms with E-state index in [0.717, 1.165) is 31.6 Å². The Balaban J connectivity index is 1.35. The number of rotatable bonds is 8. The Bertz CT molecular complexity index is 1220. The van der Waals surface area contributed by atoms with Crippen molar-refractivity contribution in [2.75, 3.05) is 12.4 Å². The fourth-order valence-corrected chi connectivity index (χ4v) is 4.61. The van der Waals surface area contributed by atoms with E-state index in [4.69, 9.17) is 4.74 Å². The molecule has 0 unspecified atom stereocenters. The maximum Gasteiger partial charge on any atom is 0.250 e. The molecule has 4 rings (SSSR count). The molecular weight excluding hydrogens is 434 g/mol. The van der Waals surface area contributed by atoms with Crippen LogP contribution in [0.2, 0.25) is 0 Å². The van der Waals surface area contributed by atoms with Crippen LogP contribution in [0, 0.1) is 0 Å². The first-order chi connectivity index (χ1) is 15.1. The van der Waals surface area contributed by atoms with Gasteiger partial charge in [0.1, 0.15) is 12.1 Å². The van der Waals surface area contributed by atoms with Crippen LogP contribution in [0.25, 0.3) is 15.9 Å². The molecule has 31 heavy (non-hydrogen) atoms. The molecule has 0 saturated heterocycles. The number of hydrogen-bond donors (Lipinski definition) is 1. The molecule has 0 fully saturated rings. The third-order valence-electron chi connectivity index (χ3n) is 4.20. The molecule has 2 aromatic carbocycles. The van der Waals surface area contributed by atoms with E-state index >= 15 is 0 Å². The molecule has 2 aromatic heterocycles. The topological polar surface area (TPSA) is 107 Å². The lowest BCUT2D eigenvalue weighted by Crippen LogP contribution is -2.21. The molecule has 0 aliphatic carbocycles. The highest BCUT2D eigenvalue weighted by atomic mass is 32.2. The molecule has 1 N–H and O–H groups in total. The van der Waals surface area contributed by atoms with Crippen LogP contribution < -0.4 is 10.2 Å². The third kappa shape index (κ3) is 5.25. The fourth-order valence-electron chi connectivity index (χ4n) is 2.73. The lowest BCUT2D eigenvalue weighted by atomic mass is 10.1. The number of carbonyl (C=O) groups is 1.